The zero-order valence-corrected chi connectivity index (χ0v) is 15.7. The second-order valence-corrected chi connectivity index (χ2v) is 7.30. The SMILES string of the molecule is CC(C)n1nccc1C1CNCCC1COc1ccc(Cl)c(O)c1C=O. The van der Waals surface area contributed by atoms with Crippen LogP contribution in [0.1, 0.15) is 48.3 Å². The van der Waals surface area contributed by atoms with Crippen molar-refractivity contribution < 1.29 is 14.6 Å². The zero-order valence-electron chi connectivity index (χ0n) is 15.0. The maximum atomic E-state index is 11.3. The van der Waals surface area contributed by atoms with E-state index in [0.717, 1.165) is 19.5 Å². The molecule has 3 rings (SSSR count). The summed E-state index contributed by atoms with van der Waals surface area (Å²) >= 11 is 5.87. The number of nitrogens with zero attached hydrogens (tertiary/aromatic N) is 2. The van der Waals surface area contributed by atoms with Crippen molar-refractivity contribution >= 4 is 17.9 Å². The largest absolute Gasteiger partial charge is 0.505 e. The Balaban J connectivity index is 1.79. The lowest BCUT2D eigenvalue weighted by molar-refractivity contribution is 0.111. The molecule has 2 atom stereocenters. The second kappa shape index (κ2) is 8.10. The van der Waals surface area contributed by atoms with E-state index in [1.165, 1.54) is 11.8 Å². The Bertz CT molecular complexity index is 775. The van der Waals surface area contributed by atoms with Crippen molar-refractivity contribution in [1.82, 2.24) is 15.1 Å². The molecule has 0 saturated carbocycles. The molecule has 6 nitrogen and oxygen atoms in total. The highest BCUT2D eigenvalue weighted by molar-refractivity contribution is 6.32. The number of ether oxygens (including phenoxy) is 1. The fourth-order valence-electron chi connectivity index (χ4n) is 3.51. The summed E-state index contributed by atoms with van der Waals surface area (Å²) in [4.78, 5) is 11.3. The van der Waals surface area contributed by atoms with Crippen molar-refractivity contribution in [3.8, 4) is 11.5 Å². The van der Waals surface area contributed by atoms with Gasteiger partial charge in [0.25, 0.3) is 0 Å². The summed E-state index contributed by atoms with van der Waals surface area (Å²) in [5, 5.41) is 18.0. The maximum absolute atomic E-state index is 11.3. The number of aromatic nitrogens is 2. The van der Waals surface area contributed by atoms with Crippen molar-refractivity contribution in [1.29, 1.82) is 0 Å². The van der Waals surface area contributed by atoms with E-state index in [1.807, 2.05) is 6.20 Å². The summed E-state index contributed by atoms with van der Waals surface area (Å²) in [5.74, 6) is 0.674. The predicted octanol–water partition coefficient (Wildman–Crippen LogP) is 3.41. The minimum Gasteiger partial charge on any atom is -0.505 e. The number of rotatable bonds is 6. The highest BCUT2D eigenvalue weighted by Gasteiger charge is 2.30. The molecule has 1 saturated heterocycles. The lowest BCUT2D eigenvalue weighted by atomic mass is 9.84. The molecule has 140 valence electrons. The number of benzene rings is 1. The van der Waals surface area contributed by atoms with Gasteiger partial charge in [-0.05, 0) is 45.0 Å². The van der Waals surface area contributed by atoms with Gasteiger partial charge in [-0.1, -0.05) is 11.6 Å². The van der Waals surface area contributed by atoms with Crippen LogP contribution in [0.2, 0.25) is 5.02 Å². The van der Waals surface area contributed by atoms with Crippen LogP contribution < -0.4 is 10.1 Å². The summed E-state index contributed by atoms with van der Waals surface area (Å²) in [6.45, 7) is 6.47. The van der Waals surface area contributed by atoms with Gasteiger partial charge in [0.15, 0.2) is 6.29 Å². The number of nitrogens with one attached hydrogen (secondary N) is 1. The highest BCUT2D eigenvalue weighted by atomic mass is 35.5. The van der Waals surface area contributed by atoms with E-state index in [0.29, 0.717) is 24.7 Å². The topological polar surface area (TPSA) is 76.4 Å². The van der Waals surface area contributed by atoms with Crippen LogP contribution in [0.4, 0.5) is 0 Å². The Morgan fingerprint density at radius 1 is 1.46 bits per heavy atom. The first-order valence-corrected chi connectivity index (χ1v) is 9.24. The number of piperidine rings is 1. The molecule has 2 aromatic rings. The first kappa shape index (κ1) is 18.7. The van der Waals surface area contributed by atoms with Crippen LogP contribution in [0.25, 0.3) is 0 Å². The molecule has 1 aliphatic rings. The number of hydrogen-bond acceptors (Lipinski definition) is 5. The summed E-state index contributed by atoms with van der Waals surface area (Å²) < 4.78 is 7.98. The molecule has 2 heterocycles. The van der Waals surface area contributed by atoms with Crippen molar-refractivity contribution in [2.24, 2.45) is 5.92 Å². The Morgan fingerprint density at radius 2 is 2.27 bits per heavy atom. The van der Waals surface area contributed by atoms with Crippen molar-refractivity contribution in [3.05, 3.63) is 40.7 Å². The summed E-state index contributed by atoms with van der Waals surface area (Å²) in [6.07, 6.45) is 3.37. The fraction of sp³-hybridized carbons (Fsp3) is 0.474. The third-order valence-corrected chi connectivity index (χ3v) is 5.20. The van der Waals surface area contributed by atoms with Gasteiger partial charge in [0.1, 0.15) is 11.5 Å². The molecule has 1 aromatic carbocycles. The summed E-state index contributed by atoms with van der Waals surface area (Å²) in [5.41, 5.74) is 1.28. The van der Waals surface area contributed by atoms with Gasteiger partial charge in [-0.2, -0.15) is 5.10 Å². The molecule has 1 aliphatic heterocycles. The number of hydrogen-bond donors (Lipinski definition) is 2. The number of aromatic hydroxyl groups is 1. The van der Waals surface area contributed by atoms with Crippen molar-refractivity contribution in [2.75, 3.05) is 19.7 Å². The van der Waals surface area contributed by atoms with Gasteiger partial charge >= 0.3 is 0 Å². The Hall–Kier alpha value is -2.05. The number of phenols is 1. The molecule has 2 unspecified atom stereocenters. The average Bonchev–Trinajstić information content (AvgIpc) is 3.13. The summed E-state index contributed by atoms with van der Waals surface area (Å²) in [7, 11) is 0. The van der Waals surface area contributed by atoms with E-state index in [1.54, 1.807) is 6.07 Å². The molecule has 7 heteroatoms. The highest BCUT2D eigenvalue weighted by Crippen LogP contribution is 2.35. The van der Waals surface area contributed by atoms with Crippen LogP contribution >= 0.6 is 11.6 Å². The van der Waals surface area contributed by atoms with E-state index < -0.39 is 0 Å². The van der Waals surface area contributed by atoms with Gasteiger partial charge in [0.05, 0.1) is 17.2 Å². The van der Waals surface area contributed by atoms with Crippen LogP contribution in [0.5, 0.6) is 11.5 Å². The second-order valence-electron chi connectivity index (χ2n) is 6.89. The number of halogens is 1. The van der Waals surface area contributed by atoms with E-state index in [-0.39, 0.29) is 28.2 Å². The van der Waals surface area contributed by atoms with Crippen molar-refractivity contribution in [2.45, 2.75) is 32.2 Å². The Morgan fingerprint density at radius 3 is 3.00 bits per heavy atom. The molecule has 0 aliphatic carbocycles. The van der Waals surface area contributed by atoms with Crippen LogP contribution in [0.15, 0.2) is 24.4 Å². The van der Waals surface area contributed by atoms with E-state index in [4.69, 9.17) is 16.3 Å². The van der Waals surface area contributed by atoms with Gasteiger partial charge in [-0.25, -0.2) is 0 Å². The quantitative estimate of drug-likeness (QED) is 0.754. The average molecular weight is 378 g/mol. The molecule has 0 bridgehead atoms. The third kappa shape index (κ3) is 3.71. The minimum atomic E-state index is -0.237. The minimum absolute atomic E-state index is 0.0928. The monoisotopic (exact) mass is 377 g/mol. The number of carbonyl (C=O) groups is 1. The lowest BCUT2D eigenvalue weighted by Crippen LogP contribution is -2.38. The van der Waals surface area contributed by atoms with Gasteiger partial charge in [-0.15, -0.1) is 0 Å². The van der Waals surface area contributed by atoms with Gasteiger partial charge in [-0.3, -0.25) is 9.48 Å². The van der Waals surface area contributed by atoms with E-state index in [9.17, 15) is 9.90 Å². The molecular formula is C19H24ClN3O3. The number of aldehydes is 1. The Kier molecular flexibility index (Phi) is 5.84. The van der Waals surface area contributed by atoms with E-state index >= 15 is 0 Å². The van der Waals surface area contributed by atoms with Crippen LogP contribution in [-0.2, 0) is 0 Å². The molecule has 26 heavy (non-hydrogen) atoms. The molecule has 1 fully saturated rings. The first-order valence-electron chi connectivity index (χ1n) is 8.86. The lowest BCUT2D eigenvalue weighted by Gasteiger charge is -2.33. The first-order chi connectivity index (χ1) is 12.5. The molecule has 0 spiro atoms. The van der Waals surface area contributed by atoms with Crippen molar-refractivity contribution in [3.63, 3.8) is 0 Å². The number of phenolic OH excluding ortho intramolecular Hbond substituents is 1. The third-order valence-electron chi connectivity index (χ3n) is 4.89. The molecule has 0 radical (unpaired) electrons. The van der Waals surface area contributed by atoms with Gasteiger partial charge in [0.2, 0.25) is 0 Å². The molecule has 0 amide bonds. The number of carbonyl (C=O) groups excluding carboxylic acids is 1. The fourth-order valence-corrected chi connectivity index (χ4v) is 3.67. The standard InChI is InChI=1S/C19H24ClN3O3/c1-12(2)23-17(6-8-22-23)14-9-21-7-5-13(14)11-26-18-4-3-16(20)19(25)15(18)10-24/h3-4,6,8,10,12-14,21,25H,5,7,9,11H2,1-2H3. The molecule has 2 N–H and O–H groups in total. The zero-order chi connectivity index (χ0) is 18.7. The van der Waals surface area contributed by atoms with Crippen LogP contribution in [0, 0.1) is 5.92 Å². The Labute approximate surface area is 158 Å². The maximum Gasteiger partial charge on any atom is 0.157 e. The van der Waals surface area contributed by atoms with E-state index in [2.05, 4.69) is 35.0 Å². The molecule has 1 aromatic heterocycles. The predicted molar refractivity (Wildman–Crippen MR) is 100 cm³/mol. The summed E-state index contributed by atoms with van der Waals surface area (Å²) in [6, 6.07) is 5.52. The normalized spacial score (nSPS) is 20.3. The van der Waals surface area contributed by atoms with Gasteiger partial charge < -0.3 is 15.2 Å². The molecular weight excluding hydrogens is 354 g/mol. The smallest absolute Gasteiger partial charge is 0.157 e. The van der Waals surface area contributed by atoms with Crippen LogP contribution in [-0.4, -0.2) is 40.9 Å². The van der Waals surface area contributed by atoms with Gasteiger partial charge in [0, 0.05) is 36.3 Å². The van der Waals surface area contributed by atoms with Crippen LogP contribution in [0.3, 0.4) is 0 Å².